The smallest absolute Gasteiger partial charge is 0.407 e. The van der Waals surface area contributed by atoms with Crippen LogP contribution in [0.2, 0.25) is 0 Å². The van der Waals surface area contributed by atoms with Crippen molar-refractivity contribution in [1.29, 1.82) is 0 Å². The lowest BCUT2D eigenvalue weighted by Crippen LogP contribution is -2.56. The van der Waals surface area contributed by atoms with E-state index in [0.717, 1.165) is 11.3 Å². The number of rotatable bonds is 14. The Hall–Kier alpha value is -3.23. The van der Waals surface area contributed by atoms with E-state index in [1.54, 1.807) is 7.11 Å². The number of carbonyl (C=O) groups excluding carboxylic acids is 4. The van der Waals surface area contributed by atoms with Gasteiger partial charge < -0.3 is 44.5 Å². The molecule has 4 amide bonds. The number of hydrogen-bond donors (Lipinski definition) is 3. The Morgan fingerprint density at radius 3 is 2.47 bits per heavy atom. The highest BCUT2D eigenvalue weighted by molar-refractivity contribution is 5.93. The highest BCUT2D eigenvalue weighted by Gasteiger charge is 2.72. The molecule has 0 aromatic heterocycles. The maximum absolute atomic E-state index is 13.3. The zero-order valence-corrected chi connectivity index (χ0v) is 28.7. The first-order valence-corrected chi connectivity index (χ1v) is 16.6. The second-order valence-corrected chi connectivity index (χ2v) is 14.2. The van der Waals surface area contributed by atoms with Crippen molar-refractivity contribution in [3.63, 3.8) is 0 Å². The van der Waals surface area contributed by atoms with E-state index in [0.29, 0.717) is 45.3 Å². The zero-order valence-electron chi connectivity index (χ0n) is 28.7. The largest absolute Gasteiger partial charge is 0.480 e. The van der Waals surface area contributed by atoms with Gasteiger partial charge in [0.15, 0.2) is 0 Å². The van der Waals surface area contributed by atoms with Gasteiger partial charge in [-0.3, -0.25) is 19.2 Å². The van der Waals surface area contributed by atoms with Crippen LogP contribution in [0.4, 0.5) is 4.79 Å². The minimum absolute atomic E-state index is 0.0151. The normalized spacial score (nSPS) is 31.6. The third-order valence-electron chi connectivity index (χ3n) is 9.83. The molecule has 14 heteroatoms. The van der Waals surface area contributed by atoms with Crippen molar-refractivity contribution in [1.82, 2.24) is 20.4 Å². The van der Waals surface area contributed by atoms with E-state index < -0.39 is 66.2 Å². The number of alkyl carbamates (subject to hydrolysis) is 1. The molecule has 14 nitrogen and oxygen atoms in total. The number of ether oxygens (including phenoxy) is 4. The average Bonchev–Trinajstić information content (AvgIpc) is 3.84. The molecule has 3 N–H and O–H groups in total. The number of carbonyl (C=O) groups is 5. The maximum atomic E-state index is 13.3. The summed E-state index contributed by atoms with van der Waals surface area (Å²) in [4.78, 5) is 66.0. The number of carboxylic acid groups (broad SMARTS) is 1. The van der Waals surface area contributed by atoms with E-state index in [1.165, 1.54) is 17.5 Å². The van der Waals surface area contributed by atoms with E-state index in [4.69, 9.17) is 24.1 Å². The highest BCUT2D eigenvalue weighted by Crippen LogP contribution is 2.59. The molecule has 4 aliphatic rings. The summed E-state index contributed by atoms with van der Waals surface area (Å²) in [5, 5.41) is 14.4. The number of methoxy groups -OCH3 is 1. The average molecular weight is 665 g/mol. The van der Waals surface area contributed by atoms with Gasteiger partial charge in [-0.05, 0) is 65.2 Å². The van der Waals surface area contributed by atoms with Gasteiger partial charge in [0.2, 0.25) is 17.7 Å². The predicted molar refractivity (Wildman–Crippen MR) is 169 cm³/mol. The molecule has 8 atom stereocenters. The van der Waals surface area contributed by atoms with Crippen molar-refractivity contribution >= 4 is 29.8 Å². The molecule has 3 heterocycles. The van der Waals surface area contributed by atoms with Crippen LogP contribution in [-0.2, 0) is 38.1 Å². The minimum Gasteiger partial charge on any atom is -0.480 e. The Morgan fingerprint density at radius 1 is 1.17 bits per heavy atom. The lowest BCUT2D eigenvalue weighted by Gasteiger charge is -2.42. The van der Waals surface area contributed by atoms with Gasteiger partial charge in [0.1, 0.15) is 48.6 Å². The number of likely N-dealkylation sites (N-methyl/N-ethyl adjacent to an activating group) is 1. The van der Waals surface area contributed by atoms with Crippen LogP contribution in [0, 0.1) is 11.8 Å². The van der Waals surface area contributed by atoms with Crippen LogP contribution in [0.3, 0.4) is 0 Å². The number of hydrogen-bond acceptors (Lipinski definition) is 9. The molecule has 3 saturated heterocycles. The van der Waals surface area contributed by atoms with Crippen molar-refractivity contribution < 1.29 is 48.0 Å². The molecule has 0 aromatic carbocycles. The number of amides is 4. The lowest BCUT2D eigenvalue weighted by atomic mass is 9.68. The SMILES string of the molecule is CO[C@@H]1[C@H](OC(=O)NCC(=O)N2CCC[C@H]2C(=O)N[C@@H](CC(C)C)C(=O)N(C)CC(=O)O)CC[C@]2(CO2)[C@H]1[C@]1(C)O[C@@H]1CC=C(C)C. The van der Waals surface area contributed by atoms with Crippen LogP contribution in [-0.4, -0.2) is 127 Å². The summed E-state index contributed by atoms with van der Waals surface area (Å²) >= 11 is 0. The third-order valence-corrected chi connectivity index (χ3v) is 9.83. The quantitative estimate of drug-likeness (QED) is 0.183. The molecule has 264 valence electrons. The molecule has 47 heavy (non-hydrogen) atoms. The van der Waals surface area contributed by atoms with Crippen LogP contribution in [0.15, 0.2) is 11.6 Å². The Bertz CT molecular complexity index is 1230. The molecule has 4 rings (SSSR count). The van der Waals surface area contributed by atoms with Gasteiger partial charge >= 0.3 is 12.1 Å². The van der Waals surface area contributed by atoms with E-state index in [2.05, 4.69) is 23.6 Å². The van der Waals surface area contributed by atoms with Crippen LogP contribution >= 0.6 is 0 Å². The summed E-state index contributed by atoms with van der Waals surface area (Å²) < 4.78 is 23.9. The number of aliphatic carboxylic acids is 1. The fourth-order valence-electron chi connectivity index (χ4n) is 7.34. The van der Waals surface area contributed by atoms with Crippen molar-refractivity contribution in [2.24, 2.45) is 11.8 Å². The van der Waals surface area contributed by atoms with E-state index in [1.807, 2.05) is 27.7 Å². The van der Waals surface area contributed by atoms with Gasteiger partial charge in [-0.1, -0.05) is 25.5 Å². The first kappa shape index (κ1) is 36.6. The first-order valence-electron chi connectivity index (χ1n) is 16.6. The fraction of sp³-hybridized carbons (Fsp3) is 0.788. The standard InChI is InChI=1S/C33H52N4O10/c1-19(2)10-11-24-32(5,47-24)28-27(44-7)23(12-13-33(28)18-45-33)46-31(43)34-16-25(38)37-14-8-9-22(37)29(41)35-21(15-20(3)4)30(42)36(6)17-26(39)40/h10,20-24,27-28H,8-9,11-18H2,1-7H3,(H,34,43)(H,35,41)(H,39,40)/t21-,22-,23+,24+,27+,28+,32+,33-/m0/s1. The van der Waals surface area contributed by atoms with Crippen molar-refractivity contribution in [3.8, 4) is 0 Å². The Labute approximate surface area is 276 Å². The summed E-state index contributed by atoms with van der Waals surface area (Å²) in [6, 6.07) is -1.76. The molecule has 4 fully saturated rings. The molecular weight excluding hydrogens is 612 g/mol. The molecule has 1 aliphatic carbocycles. The van der Waals surface area contributed by atoms with E-state index in [-0.39, 0.29) is 30.1 Å². The number of nitrogens with zero attached hydrogens (tertiary/aromatic N) is 2. The van der Waals surface area contributed by atoms with Gasteiger partial charge in [-0.25, -0.2) is 4.79 Å². The van der Waals surface area contributed by atoms with Gasteiger partial charge in [0.25, 0.3) is 0 Å². The lowest BCUT2D eigenvalue weighted by molar-refractivity contribution is -0.145. The van der Waals surface area contributed by atoms with Crippen LogP contribution < -0.4 is 10.6 Å². The molecular formula is C33H52N4O10. The number of allylic oxidation sites excluding steroid dienone is 1. The molecule has 0 unspecified atom stereocenters. The second kappa shape index (κ2) is 14.9. The first-order chi connectivity index (χ1) is 22.1. The van der Waals surface area contributed by atoms with E-state index in [9.17, 15) is 24.0 Å². The molecule has 1 saturated carbocycles. The van der Waals surface area contributed by atoms with Gasteiger partial charge in [-0.2, -0.15) is 0 Å². The minimum atomic E-state index is -1.16. The maximum Gasteiger partial charge on any atom is 0.407 e. The number of carboxylic acids is 1. The van der Waals surface area contributed by atoms with Gasteiger partial charge in [0, 0.05) is 20.7 Å². The second-order valence-electron chi connectivity index (χ2n) is 14.2. The Kier molecular flexibility index (Phi) is 11.6. The van der Waals surface area contributed by atoms with Crippen LogP contribution in [0.5, 0.6) is 0 Å². The number of likely N-dealkylation sites (tertiary alicyclic amines) is 1. The van der Waals surface area contributed by atoms with Crippen LogP contribution in [0.25, 0.3) is 0 Å². The van der Waals surface area contributed by atoms with Crippen molar-refractivity contribution in [2.45, 2.75) is 115 Å². The molecule has 3 aliphatic heterocycles. The van der Waals surface area contributed by atoms with E-state index >= 15 is 0 Å². The van der Waals surface area contributed by atoms with Gasteiger partial charge in [-0.15, -0.1) is 0 Å². The zero-order chi connectivity index (χ0) is 34.7. The molecule has 0 radical (unpaired) electrons. The number of nitrogens with one attached hydrogen (secondary N) is 2. The summed E-state index contributed by atoms with van der Waals surface area (Å²) in [6.07, 6.45) is 3.67. The third kappa shape index (κ3) is 8.63. The molecule has 0 bridgehead atoms. The van der Waals surface area contributed by atoms with Crippen molar-refractivity contribution in [2.75, 3.05) is 40.4 Å². The van der Waals surface area contributed by atoms with Crippen molar-refractivity contribution in [3.05, 3.63) is 11.6 Å². The summed E-state index contributed by atoms with van der Waals surface area (Å²) in [5.41, 5.74) is 0.372. The summed E-state index contributed by atoms with van der Waals surface area (Å²) in [6.45, 7) is 10.0. The molecule has 0 aromatic rings. The fourth-order valence-corrected chi connectivity index (χ4v) is 7.34. The Morgan fingerprint density at radius 2 is 1.87 bits per heavy atom. The predicted octanol–water partition coefficient (Wildman–Crippen LogP) is 1.85. The summed E-state index contributed by atoms with van der Waals surface area (Å²) in [7, 11) is 2.96. The molecule has 1 spiro atoms. The van der Waals surface area contributed by atoms with Gasteiger partial charge in [0.05, 0.1) is 18.6 Å². The highest BCUT2D eigenvalue weighted by atomic mass is 16.6. The van der Waals surface area contributed by atoms with Crippen LogP contribution in [0.1, 0.15) is 73.1 Å². The topological polar surface area (TPSA) is 180 Å². The Balaban J connectivity index is 1.32. The monoisotopic (exact) mass is 664 g/mol. The summed E-state index contributed by atoms with van der Waals surface area (Å²) in [5.74, 6) is -2.72. The number of epoxide rings is 2.